The Balaban J connectivity index is 1.81. The molecule has 0 bridgehead atoms. The number of carboxylic acids is 1. The summed E-state index contributed by atoms with van der Waals surface area (Å²) < 4.78 is 5.22. The summed E-state index contributed by atoms with van der Waals surface area (Å²) in [5.74, 6) is -0.546. The molecule has 0 spiro atoms. The van der Waals surface area contributed by atoms with E-state index in [1.807, 2.05) is 23.6 Å². The van der Waals surface area contributed by atoms with E-state index in [4.69, 9.17) is 9.52 Å². The Bertz CT molecular complexity index is 734. The summed E-state index contributed by atoms with van der Waals surface area (Å²) in [6.45, 7) is 0. The van der Waals surface area contributed by atoms with Gasteiger partial charge < -0.3 is 9.52 Å². The minimum absolute atomic E-state index is 0.124. The van der Waals surface area contributed by atoms with Gasteiger partial charge in [-0.3, -0.25) is 4.98 Å². The highest BCUT2D eigenvalue weighted by Gasteiger charge is 2.13. The minimum atomic E-state index is -1.01. The quantitative estimate of drug-likeness (QED) is 0.797. The maximum Gasteiger partial charge on any atom is 0.338 e. The summed E-state index contributed by atoms with van der Waals surface area (Å²) in [6.07, 6.45) is 3.61. The summed E-state index contributed by atoms with van der Waals surface area (Å²) in [7, 11) is 0. The molecule has 100 valence electrons. The second kappa shape index (κ2) is 5.26. The first-order valence-corrected chi connectivity index (χ1v) is 6.77. The lowest BCUT2D eigenvalue weighted by molar-refractivity contribution is 0.0696. The molecule has 0 aliphatic carbocycles. The van der Waals surface area contributed by atoms with Crippen LogP contribution in [0.4, 0.5) is 0 Å². The van der Waals surface area contributed by atoms with Gasteiger partial charge in [0.2, 0.25) is 0 Å². The highest BCUT2D eigenvalue weighted by atomic mass is 32.1. The van der Waals surface area contributed by atoms with Gasteiger partial charge in [-0.15, -0.1) is 11.3 Å². The lowest BCUT2D eigenvalue weighted by Gasteiger charge is -1.95. The zero-order chi connectivity index (χ0) is 13.9. The third-order valence-electron chi connectivity index (χ3n) is 2.71. The van der Waals surface area contributed by atoms with Crippen LogP contribution in [0, 0.1) is 0 Å². The Kier molecular flexibility index (Phi) is 3.30. The van der Waals surface area contributed by atoms with Gasteiger partial charge in [0.05, 0.1) is 10.6 Å². The number of furan rings is 1. The lowest BCUT2D eigenvalue weighted by Crippen LogP contribution is -1.91. The first-order chi connectivity index (χ1) is 9.72. The average Bonchev–Trinajstić information content (AvgIpc) is 3.08. The van der Waals surface area contributed by atoms with Gasteiger partial charge in [-0.05, 0) is 12.1 Å². The summed E-state index contributed by atoms with van der Waals surface area (Å²) in [4.78, 5) is 19.5. The van der Waals surface area contributed by atoms with Crippen LogP contribution in [0.3, 0.4) is 0 Å². The standard InChI is InChI=1S/C14H10N2O3S/c17-14(18)9-5-12(19-7-9)11-8-20-13(16-11)6-10-3-1-2-4-15-10/h1-5,7-8H,6H2,(H,17,18). The number of nitrogens with zero attached hydrogens (tertiary/aromatic N) is 2. The molecule has 1 N–H and O–H groups in total. The second-order valence-electron chi connectivity index (χ2n) is 4.13. The highest BCUT2D eigenvalue weighted by molar-refractivity contribution is 7.10. The SMILES string of the molecule is O=C(O)c1coc(-c2csc(Cc3ccccn3)n2)c1. The van der Waals surface area contributed by atoms with Crippen LogP contribution in [-0.2, 0) is 6.42 Å². The molecule has 6 heteroatoms. The molecule has 0 atom stereocenters. The van der Waals surface area contributed by atoms with Crippen molar-refractivity contribution in [2.24, 2.45) is 0 Å². The number of hydrogen-bond acceptors (Lipinski definition) is 5. The molecule has 5 nitrogen and oxygen atoms in total. The zero-order valence-electron chi connectivity index (χ0n) is 10.3. The Morgan fingerprint density at radius 2 is 2.30 bits per heavy atom. The fraction of sp³-hybridized carbons (Fsp3) is 0.0714. The molecule has 20 heavy (non-hydrogen) atoms. The van der Waals surface area contributed by atoms with Gasteiger partial charge in [0, 0.05) is 29.8 Å². The molecule has 0 aliphatic rings. The van der Waals surface area contributed by atoms with Crippen LogP contribution in [0.25, 0.3) is 11.5 Å². The predicted molar refractivity (Wildman–Crippen MR) is 73.8 cm³/mol. The Morgan fingerprint density at radius 3 is 3.00 bits per heavy atom. The van der Waals surface area contributed by atoms with Gasteiger partial charge in [0.25, 0.3) is 0 Å². The molecular weight excluding hydrogens is 276 g/mol. The van der Waals surface area contributed by atoms with Crippen molar-refractivity contribution in [2.45, 2.75) is 6.42 Å². The highest BCUT2D eigenvalue weighted by Crippen LogP contribution is 2.25. The van der Waals surface area contributed by atoms with E-state index in [0.29, 0.717) is 17.9 Å². The fourth-order valence-electron chi connectivity index (χ4n) is 1.75. The first-order valence-electron chi connectivity index (χ1n) is 5.89. The molecule has 0 amide bonds. The zero-order valence-corrected chi connectivity index (χ0v) is 11.1. The van der Waals surface area contributed by atoms with Crippen molar-refractivity contribution in [1.82, 2.24) is 9.97 Å². The molecule has 3 aromatic rings. The monoisotopic (exact) mass is 286 g/mol. The number of carbonyl (C=O) groups is 1. The van der Waals surface area contributed by atoms with Gasteiger partial charge >= 0.3 is 5.97 Å². The smallest absolute Gasteiger partial charge is 0.338 e. The van der Waals surface area contributed by atoms with Gasteiger partial charge in [-0.25, -0.2) is 9.78 Å². The van der Waals surface area contributed by atoms with E-state index >= 15 is 0 Å². The minimum Gasteiger partial charge on any atom is -0.478 e. The predicted octanol–water partition coefficient (Wildman–Crippen LogP) is 3.09. The van der Waals surface area contributed by atoms with Crippen LogP contribution in [0.5, 0.6) is 0 Å². The molecule has 3 aromatic heterocycles. The summed E-state index contributed by atoms with van der Waals surface area (Å²) in [5, 5.41) is 11.6. The van der Waals surface area contributed by atoms with Crippen molar-refractivity contribution < 1.29 is 14.3 Å². The van der Waals surface area contributed by atoms with E-state index in [1.165, 1.54) is 23.7 Å². The number of carboxylic acid groups (broad SMARTS) is 1. The van der Waals surface area contributed by atoms with E-state index in [9.17, 15) is 4.79 Å². The Morgan fingerprint density at radius 1 is 1.40 bits per heavy atom. The molecule has 3 heterocycles. The van der Waals surface area contributed by atoms with E-state index in [1.54, 1.807) is 6.20 Å². The van der Waals surface area contributed by atoms with E-state index in [2.05, 4.69) is 9.97 Å². The number of aromatic nitrogens is 2. The topological polar surface area (TPSA) is 76.2 Å². The number of pyridine rings is 1. The molecule has 0 saturated heterocycles. The van der Waals surface area contributed by atoms with E-state index in [0.717, 1.165) is 10.7 Å². The van der Waals surface area contributed by atoms with Crippen molar-refractivity contribution in [1.29, 1.82) is 0 Å². The summed E-state index contributed by atoms with van der Waals surface area (Å²) in [5.41, 5.74) is 1.71. The number of hydrogen-bond donors (Lipinski definition) is 1. The van der Waals surface area contributed by atoms with Crippen molar-refractivity contribution in [2.75, 3.05) is 0 Å². The van der Waals surface area contributed by atoms with Crippen LogP contribution in [-0.4, -0.2) is 21.0 Å². The lowest BCUT2D eigenvalue weighted by atomic mass is 10.2. The third kappa shape index (κ3) is 2.60. The number of thiazole rings is 1. The van der Waals surface area contributed by atoms with Gasteiger partial charge in [-0.1, -0.05) is 6.07 Å². The third-order valence-corrected chi connectivity index (χ3v) is 3.56. The van der Waals surface area contributed by atoms with Crippen molar-refractivity contribution in [3.05, 3.63) is 58.4 Å². The molecular formula is C14H10N2O3S. The largest absolute Gasteiger partial charge is 0.478 e. The molecule has 0 aromatic carbocycles. The van der Waals surface area contributed by atoms with Crippen LogP contribution in [0.15, 0.2) is 46.5 Å². The van der Waals surface area contributed by atoms with E-state index in [-0.39, 0.29) is 5.56 Å². The molecule has 0 fully saturated rings. The molecule has 3 rings (SSSR count). The Hall–Kier alpha value is -2.47. The normalized spacial score (nSPS) is 10.6. The van der Waals surface area contributed by atoms with Crippen LogP contribution in [0.2, 0.25) is 0 Å². The van der Waals surface area contributed by atoms with Crippen molar-refractivity contribution >= 4 is 17.3 Å². The van der Waals surface area contributed by atoms with Crippen molar-refractivity contribution in [3.63, 3.8) is 0 Å². The second-order valence-corrected chi connectivity index (χ2v) is 5.07. The summed E-state index contributed by atoms with van der Waals surface area (Å²) in [6, 6.07) is 7.22. The first kappa shape index (κ1) is 12.6. The average molecular weight is 286 g/mol. The summed E-state index contributed by atoms with van der Waals surface area (Å²) >= 11 is 1.50. The Labute approximate surface area is 118 Å². The number of rotatable bonds is 4. The van der Waals surface area contributed by atoms with E-state index < -0.39 is 5.97 Å². The molecule has 0 saturated carbocycles. The molecule has 0 radical (unpaired) electrons. The number of aromatic carboxylic acids is 1. The van der Waals surface area contributed by atoms with Gasteiger partial charge in [0.15, 0.2) is 5.76 Å². The van der Waals surface area contributed by atoms with Gasteiger partial charge in [0.1, 0.15) is 12.0 Å². The van der Waals surface area contributed by atoms with Crippen LogP contribution < -0.4 is 0 Å². The maximum atomic E-state index is 10.8. The van der Waals surface area contributed by atoms with Crippen molar-refractivity contribution in [3.8, 4) is 11.5 Å². The molecule has 0 unspecified atom stereocenters. The van der Waals surface area contributed by atoms with Crippen LogP contribution >= 0.6 is 11.3 Å². The maximum absolute atomic E-state index is 10.8. The fourth-order valence-corrected chi connectivity index (χ4v) is 2.54. The van der Waals surface area contributed by atoms with Gasteiger partial charge in [-0.2, -0.15) is 0 Å². The van der Waals surface area contributed by atoms with Crippen LogP contribution in [0.1, 0.15) is 21.1 Å². The molecule has 0 aliphatic heterocycles.